The molecule has 29 heteroatoms. The summed E-state index contributed by atoms with van der Waals surface area (Å²) in [6, 6.07) is 66.9. The van der Waals surface area contributed by atoms with E-state index in [2.05, 4.69) is 21.3 Å². The molecule has 4 aliphatic rings. The third-order valence-electron chi connectivity index (χ3n) is 20.0. The third kappa shape index (κ3) is 24.5. The highest BCUT2D eigenvalue weighted by Crippen LogP contribution is 2.38. The van der Waals surface area contributed by atoms with Gasteiger partial charge in [0.15, 0.2) is 31.1 Å². The Kier molecular flexibility index (Phi) is 31.8. The van der Waals surface area contributed by atoms with Crippen molar-refractivity contribution in [3.8, 4) is 0 Å². The Morgan fingerprint density at radius 3 is 1.24 bits per heavy atom. The number of hydrogen-bond acceptors (Lipinski definition) is 24. The molecular weight excluding hydrogens is 1520 g/mol. The number of ether oxygens (including phenoxy) is 13. The average Bonchev–Trinajstić information content (AvgIpc) is 0.792. The van der Waals surface area contributed by atoms with E-state index in [4.69, 9.17) is 65.8 Å². The fraction of sp³-hybridized carbons (Fsp3) is 0.379. The van der Waals surface area contributed by atoms with Gasteiger partial charge in [-0.15, -0.1) is 0 Å². The van der Waals surface area contributed by atoms with E-state index in [0.717, 1.165) is 54.5 Å². The van der Waals surface area contributed by atoms with Crippen molar-refractivity contribution in [3.05, 3.63) is 281 Å². The number of hydrogen-bond donors (Lipinski definition) is 6. The molecule has 6 N–H and O–H groups in total. The van der Waals surface area contributed by atoms with Gasteiger partial charge in [0.25, 0.3) is 16.0 Å². The van der Waals surface area contributed by atoms with Crippen LogP contribution in [0.25, 0.3) is 0 Å². The van der Waals surface area contributed by atoms with Gasteiger partial charge >= 0.3 is 11.9 Å². The van der Waals surface area contributed by atoms with Gasteiger partial charge < -0.3 is 93.1 Å². The summed E-state index contributed by atoms with van der Waals surface area (Å²) < 4.78 is 122. The van der Waals surface area contributed by atoms with Gasteiger partial charge in [0.2, 0.25) is 17.7 Å². The van der Waals surface area contributed by atoms with E-state index < -0.39 is 163 Å². The molecule has 8 aromatic rings. The molecule has 0 radical (unpaired) electrons. The van der Waals surface area contributed by atoms with Crippen molar-refractivity contribution in [2.75, 3.05) is 53.1 Å². The maximum absolute atomic E-state index is 14.7. The van der Waals surface area contributed by atoms with Crippen LogP contribution in [0.15, 0.2) is 241 Å². The summed E-state index contributed by atoms with van der Waals surface area (Å²) in [6.45, 7) is -2.63. The minimum Gasteiger partial charge on any atom is -0.450 e. The van der Waals surface area contributed by atoms with Crippen LogP contribution in [0.3, 0.4) is 0 Å². The Morgan fingerprint density at radius 2 is 0.776 bits per heavy atom. The van der Waals surface area contributed by atoms with Crippen molar-refractivity contribution in [3.63, 3.8) is 0 Å². The number of carbonyl (C=O) groups is 6. The van der Waals surface area contributed by atoms with Crippen molar-refractivity contribution < 1.29 is 113 Å². The molecule has 0 bridgehead atoms. The highest BCUT2D eigenvalue weighted by molar-refractivity contribution is 7.86. The zero-order valence-electron chi connectivity index (χ0n) is 63.9. The smallest absolute Gasteiger partial charge is 0.338 e. The zero-order chi connectivity index (χ0) is 81.0. The first-order chi connectivity index (χ1) is 56.5. The Balaban J connectivity index is 0.837. The second kappa shape index (κ2) is 43.3. The summed E-state index contributed by atoms with van der Waals surface area (Å²) in [5.41, 5.74) is 3.91. The fourth-order valence-corrected chi connectivity index (χ4v) is 14.7. The van der Waals surface area contributed by atoms with Gasteiger partial charge in [-0.3, -0.25) is 23.4 Å². The van der Waals surface area contributed by atoms with Gasteiger partial charge in [0, 0.05) is 19.2 Å². The number of carbonyl (C=O) groups excluding carboxylic acids is 6. The first kappa shape index (κ1) is 85.3. The molecule has 0 spiro atoms. The van der Waals surface area contributed by atoms with Crippen molar-refractivity contribution in [1.82, 2.24) is 21.3 Å². The van der Waals surface area contributed by atoms with Crippen LogP contribution in [0.4, 0.5) is 0 Å². The van der Waals surface area contributed by atoms with Crippen LogP contribution in [0, 0.1) is 5.92 Å². The highest BCUT2D eigenvalue weighted by atomic mass is 32.2. The number of rotatable bonds is 39. The number of esters is 2. The summed E-state index contributed by atoms with van der Waals surface area (Å²) in [6.07, 6.45) is -18.8. The summed E-state index contributed by atoms with van der Waals surface area (Å²) in [4.78, 5) is 79.9. The number of amides is 4. The maximum atomic E-state index is 14.7. The lowest BCUT2D eigenvalue weighted by atomic mass is 9.96. The highest BCUT2D eigenvalue weighted by Gasteiger charge is 2.56. The molecule has 0 unspecified atom stereocenters. The van der Waals surface area contributed by atoms with Crippen LogP contribution in [0.1, 0.15) is 84.6 Å². The molecule has 0 aromatic heterocycles. The van der Waals surface area contributed by atoms with Gasteiger partial charge in [-0.1, -0.05) is 201 Å². The van der Waals surface area contributed by atoms with Gasteiger partial charge in [-0.05, 0) is 95.1 Å². The van der Waals surface area contributed by atoms with E-state index in [1.54, 1.807) is 97.1 Å². The number of methoxy groups -OCH3 is 1. The Hall–Kier alpha value is -10.0. The molecule has 3 aliphatic heterocycles. The van der Waals surface area contributed by atoms with E-state index >= 15 is 0 Å². The molecule has 3 heterocycles. The van der Waals surface area contributed by atoms with Gasteiger partial charge in [0.05, 0.1) is 88.5 Å². The molecule has 15 atom stereocenters. The molecule has 8 aromatic carbocycles. The molecule has 12 rings (SSSR count). The summed E-state index contributed by atoms with van der Waals surface area (Å²) >= 11 is 0. The molecule has 1 saturated carbocycles. The lowest BCUT2D eigenvalue weighted by Crippen LogP contribution is -2.66. The Labute approximate surface area is 672 Å². The SMILES string of the molecule is CO[C@H]1O[C@H](CO[C@@H]2O[C@H](COS(=O)(=O)c3ccc(C(=O)NCC(=O)NCC(=O)NCC(=O)NCC4CCCC4)cc3)[C@@H](OCc3ccccc3)[C@H](OCc3ccccc3)[C@H]2OC(=O)c2ccccc2)[C@@H](O[C@@H]2O[C@H](COCc3ccccc3)[C@@H](OCc3ccccc3)[C@H](OCc3ccccc3)[C@H]2OC(=O)c2ccccc2)[C@H](O)[C@H]1O. The zero-order valence-corrected chi connectivity index (χ0v) is 64.7. The normalized spacial score (nSPS) is 24.1. The monoisotopic (exact) mass is 1610 g/mol. The molecular formula is C87H96N4O24S. The lowest BCUT2D eigenvalue weighted by Gasteiger charge is -2.49. The molecule has 116 heavy (non-hydrogen) atoms. The predicted molar refractivity (Wildman–Crippen MR) is 416 cm³/mol. The quantitative estimate of drug-likeness (QED) is 0.0159. The van der Waals surface area contributed by atoms with Crippen molar-refractivity contribution in [1.29, 1.82) is 0 Å². The first-order valence-electron chi connectivity index (χ1n) is 38.5. The van der Waals surface area contributed by atoms with E-state index in [1.807, 2.05) is 103 Å². The summed E-state index contributed by atoms with van der Waals surface area (Å²) in [7, 11) is -3.56. The number of aliphatic hydroxyl groups is 2. The van der Waals surface area contributed by atoms with Crippen LogP contribution in [0.2, 0.25) is 0 Å². The van der Waals surface area contributed by atoms with Crippen molar-refractivity contribution >= 4 is 45.7 Å². The van der Waals surface area contributed by atoms with Crippen LogP contribution in [0.5, 0.6) is 0 Å². The van der Waals surface area contributed by atoms with Crippen LogP contribution in [-0.2, 0) is 123 Å². The predicted octanol–water partition coefficient (Wildman–Crippen LogP) is 7.61. The summed E-state index contributed by atoms with van der Waals surface area (Å²) in [5.74, 6) is -3.74. The topological polar surface area (TPSA) is 354 Å². The minimum absolute atomic E-state index is 0.0315. The largest absolute Gasteiger partial charge is 0.450 e. The fourth-order valence-electron chi connectivity index (χ4n) is 13.8. The van der Waals surface area contributed by atoms with Crippen LogP contribution in [-0.4, -0.2) is 199 Å². The first-order valence-corrected chi connectivity index (χ1v) is 39.9. The maximum Gasteiger partial charge on any atom is 0.338 e. The molecule has 1 aliphatic carbocycles. The molecule has 28 nitrogen and oxygen atoms in total. The number of nitrogens with one attached hydrogen (secondary N) is 4. The van der Waals surface area contributed by atoms with Gasteiger partial charge in [-0.25, -0.2) is 9.59 Å². The third-order valence-corrected chi connectivity index (χ3v) is 21.3. The van der Waals surface area contributed by atoms with E-state index in [-0.39, 0.29) is 68.8 Å². The van der Waals surface area contributed by atoms with Crippen molar-refractivity contribution in [2.45, 2.75) is 156 Å². The van der Waals surface area contributed by atoms with Crippen molar-refractivity contribution in [2.24, 2.45) is 5.92 Å². The molecule has 4 amide bonds. The van der Waals surface area contributed by atoms with Crippen LogP contribution >= 0.6 is 0 Å². The second-order valence-corrected chi connectivity index (χ2v) is 29.9. The van der Waals surface area contributed by atoms with E-state index in [9.17, 15) is 47.4 Å². The minimum atomic E-state index is -4.80. The average molecular weight is 1610 g/mol. The van der Waals surface area contributed by atoms with E-state index in [1.165, 1.54) is 31.4 Å². The van der Waals surface area contributed by atoms with E-state index in [0.29, 0.717) is 23.6 Å². The summed E-state index contributed by atoms with van der Waals surface area (Å²) in [5, 5.41) is 34.6. The number of benzene rings is 8. The lowest BCUT2D eigenvalue weighted by molar-refractivity contribution is -0.370. The standard InChI is InChI=1S/C87H96N4O24S/c1-102-85-74(96)73(95)75(115-87-81(114-84(99)65-39-21-8-22-40-65)79(107-53-62-35-17-6-18-36-62)76(104-50-59-29-11-3-12-30-59)67(112-87)54-103-49-58-27-9-2-10-28-58)68(110-85)55-108-86-80(113-83(98)64-37-19-7-20-38-64)78(106-52-61-33-15-5-16-34-61)77(105-51-60-31-13-4-14-32-60)69(111-86)56-109-116(100,101)66-43-41-63(42-44-66)82(97)91-48-72(94)90-47-71(93)89-46-70(92)88-45-57-25-23-24-26-57/h2-22,27-44,57,67-69,73-81,85-87,95-96H,23-26,45-56H2,1H3,(H,88,92)(H,89,93)(H,90,94)(H,91,97)/t67-,68-,69-,73-,74-,75-,76-,77-,78+,79+,80-,81-,85+,86-,87+/m1/s1. The molecule has 4 fully saturated rings. The van der Waals surface area contributed by atoms with Gasteiger partial charge in [-0.2, -0.15) is 8.42 Å². The van der Waals surface area contributed by atoms with Gasteiger partial charge in [0.1, 0.15) is 61.0 Å². The second-order valence-electron chi connectivity index (χ2n) is 28.3. The van der Waals surface area contributed by atoms with Crippen LogP contribution < -0.4 is 21.3 Å². The Bertz CT molecular complexity index is 4490. The molecule has 3 saturated heterocycles. The number of aliphatic hydroxyl groups excluding tert-OH is 2. The molecule has 614 valence electrons. The Morgan fingerprint density at radius 1 is 0.388 bits per heavy atom.